The van der Waals surface area contributed by atoms with Gasteiger partial charge in [-0.25, -0.2) is 14.5 Å². The Morgan fingerprint density at radius 2 is 2.00 bits per heavy atom. The summed E-state index contributed by atoms with van der Waals surface area (Å²) in [6.45, 7) is 0. The quantitative estimate of drug-likeness (QED) is 0.444. The number of thioether (sulfide) groups is 1. The summed E-state index contributed by atoms with van der Waals surface area (Å²) in [5.41, 5.74) is 1.41. The van der Waals surface area contributed by atoms with Gasteiger partial charge >= 0.3 is 0 Å². The van der Waals surface area contributed by atoms with Crippen molar-refractivity contribution < 1.29 is 9.53 Å². The van der Waals surface area contributed by atoms with Crippen molar-refractivity contribution in [2.45, 2.75) is 5.16 Å². The van der Waals surface area contributed by atoms with Crippen LogP contribution in [0.3, 0.4) is 0 Å². The molecule has 2 heterocycles. The van der Waals surface area contributed by atoms with Crippen molar-refractivity contribution >= 4 is 40.6 Å². The van der Waals surface area contributed by atoms with Crippen molar-refractivity contribution in [2.75, 3.05) is 18.2 Å². The normalized spacial score (nSPS) is 10.9. The predicted molar refractivity (Wildman–Crippen MR) is 116 cm³/mol. The van der Waals surface area contributed by atoms with Gasteiger partial charge in [0.2, 0.25) is 5.91 Å². The van der Waals surface area contributed by atoms with E-state index in [0.717, 1.165) is 5.56 Å². The van der Waals surface area contributed by atoms with Gasteiger partial charge in [-0.1, -0.05) is 53.7 Å². The number of hydrogen-bond acceptors (Lipinski definition) is 6. The molecule has 2 aromatic carbocycles. The number of rotatable bonds is 6. The highest BCUT2D eigenvalue weighted by atomic mass is 35.5. The van der Waals surface area contributed by atoms with Gasteiger partial charge in [-0.15, -0.1) is 0 Å². The molecule has 4 rings (SSSR count). The Labute approximate surface area is 180 Å². The van der Waals surface area contributed by atoms with E-state index in [2.05, 4.69) is 20.4 Å². The number of benzene rings is 2. The van der Waals surface area contributed by atoms with Gasteiger partial charge in [-0.3, -0.25) is 14.7 Å². The summed E-state index contributed by atoms with van der Waals surface area (Å²) in [5.74, 6) is 0.747. The molecule has 0 aliphatic heterocycles. The molecule has 0 unspecified atom stereocenters. The first-order chi connectivity index (χ1) is 14.5. The highest BCUT2D eigenvalue weighted by Gasteiger charge is 2.14. The Hall–Kier alpha value is -3.30. The minimum Gasteiger partial charge on any atom is -0.495 e. The fraction of sp³-hybridized carbons (Fsp3) is 0.100. The van der Waals surface area contributed by atoms with Crippen molar-refractivity contribution in [3.63, 3.8) is 0 Å². The third-order valence-electron chi connectivity index (χ3n) is 4.12. The van der Waals surface area contributed by atoms with Crippen LogP contribution in [0.1, 0.15) is 0 Å². The van der Waals surface area contributed by atoms with E-state index in [-0.39, 0.29) is 17.2 Å². The van der Waals surface area contributed by atoms with Gasteiger partial charge in [0.25, 0.3) is 5.56 Å². The number of anilines is 1. The summed E-state index contributed by atoms with van der Waals surface area (Å²) in [7, 11) is 1.51. The fourth-order valence-electron chi connectivity index (χ4n) is 2.79. The topological polar surface area (TPSA) is 101 Å². The smallest absolute Gasteiger partial charge is 0.266 e. The van der Waals surface area contributed by atoms with Gasteiger partial charge in [0.05, 0.1) is 18.6 Å². The molecule has 8 nitrogen and oxygen atoms in total. The van der Waals surface area contributed by atoms with Crippen LogP contribution >= 0.6 is 23.4 Å². The van der Waals surface area contributed by atoms with Crippen molar-refractivity contribution in [1.82, 2.24) is 19.6 Å². The number of nitrogens with one attached hydrogen (secondary N) is 2. The molecule has 0 atom stereocenters. The molecule has 0 aliphatic rings. The minimum absolute atomic E-state index is 0.0518. The molecule has 2 aromatic heterocycles. The van der Waals surface area contributed by atoms with Crippen LogP contribution in [-0.4, -0.2) is 38.4 Å². The van der Waals surface area contributed by atoms with E-state index < -0.39 is 0 Å². The molecule has 0 spiro atoms. The molecule has 10 heteroatoms. The van der Waals surface area contributed by atoms with Crippen LogP contribution in [0.4, 0.5) is 5.69 Å². The Morgan fingerprint density at radius 3 is 2.77 bits per heavy atom. The molecule has 0 bridgehead atoms. The Balaban J connectivity index is 1.58. The number of hydrogen-bond donors (Lipinski definition) is 2. The maximum absolute atomic E-state index is 12.5. The molecule has 30 heavy (non-hydrogen) atoms. The highest BCUT2D eigenvalue weighted by Crippen LogP contribution is 2.28. The third kappa shape index (κ3) is 4.32. The molecule has 152 valence electrons. The van der Waals surface area contributed by atoms with E-state index in [1.54, 1.807) is 18.2 Å². The molecule has 4 aromatic rings. The average molecular weight is 442 g/mol. The molecule has 0 radical (unpaired) electrons. The standard InChI is InChI=1S/C20H16ClN5O3S/c1-29-15-8-7-13(21)9-14(15)22-18(28)11-30-20-24-19(12-5-3-2-4-6-12)23-16-10-17(27)25-26(16)20/h2-10H,11H2,1H3,(H,22,28)(H,25,27). The number of nitrogens with zero attached hydrogens (tertiary/aromatic N) is 3. The van der Waals surface area contributed by atoms with Crippen LogP contribution in [0.15, 0.2) is 64.5 Å². The van der Waals surface area contributed by atoms with Crippen LogP contribution in [0.5, 0.6) is 5.75 Å². The van der Waals surface area contributed by atoms with Gasteiger partial charge in [0.15, 0.2) is 16.6 Å². The van der Waals surface area contributed by atoms with E-state index in [9.17, 15) is 9.59 Å². The summed E-state index contributed by atoms with van der Waals surface area (Å²) in [6, 6.07) is 15.8. The second-order valence-electron chi connectivity index (χ2n) is 6.19. The molecular formula is C20H16ClN5O3S. The maximum atomic E-state index is 12.5. The zero-order valence-corrected chi connectivity index (χ0v) is 17.3. The number of methoxy groups -OCH3 is 1. The second-order valence-corrected chi connectivity index (χ2v) is 7.57. The Morgan fingerprint density at radius 1 is 1.20 bits per heavy atom. The van der Waals surface area contributed by atoms with Crippen molar-refractivity contribution in [3.8, 4) is 17.1 Å². The van der Waals surface area contributed by atoms with Gasteiger partial charge < -0.3 is 10.1 Å². The van der Waals surface area contributed by atoms with Crippen molar-refractivity contribution in [3.05, 3.63) is 70.0 Å². The summed E-state index contributed by atoms with van der Waals surface area (Å²) >= 11 is 7.18. The van der Waals surface area contributed by atoms with Crippen LogP contribution in [0.2, 0.25) is 5.02 Å². The molecule has 0 saturated heterocycles. The van der Waals surface area contributed by atoms with Crippen molar-refractivity contribution in [1.29, 1.82) is 0 Å². The number of aromatic amines is 1. The number of aromatic nitrogens is 4. The molecule has 1 amide bonds. The summed E-state index contributed by atoms with van der Waals surface area (Å²) in [6.07, 6.45) is 0. The monoisotopic (exact) mass is 441 g/mol. The highest BCUT2D eigenvalue weighted by molar-refractivity contribution is 7.99. The molecule has 2 N–H and O–H groups in total. The third-order valence-corrected chi connectivity index (χ3v) is 5.30. The summed E-state index contributed by atoms with van der Waals surface area (Å²) in [5, 5.41) is 6.35. The second kappa shape index (κ2) is 8.60. The first-order valence-electron chi connectivity index (χ1n) is 8.85. The van der Waals surface area contributed by atoms with E-state index in [1.807, 2.05) is 30.3 Å². The summed E-state index contributed by atoms with van der Waals surface area (Å²) < 4.78 is 6.71. The van der Waals surface area contributed by atoms with E-state index in [0.29, 0.717) is 33.1 Å². The number of ether oxygens (including phenoxy) is 1. The van der Waals surface area contributed by atoms with Gasteiger partial charge in [-0.2, -0.15) is 0 Å². The average Bonchev–Trinajstić information content (AvgIpc) is 3.13. The van der Waals surface area contributed by atoms with E-state index >= 15 is 0 Å². The van der Waals surface area contributed by atoms with E-state index in [1.165, 1.54) is 29.5 Å². The molecule has 0 fully saturated rings. The number of carbonyl (C=O) groups is 1. The lowest BCUT2D eigenvalue weighted by atomic mass is 10.2. The summed E-state index contributed by atoms with van der Waals surface area (Å²) in [4.78, 5) is 33.3. The Kier molecular flexibility index (Phi) is 5.73. The first kappa shape index (κ1) is 20.0. The van der Waals surface area contributed by atoms with Crippen LogP contribution in [0.25, 0.3) is 17.0 Å². The number of amides is 1. The fourth-order valence-corrected chi connectivity index (χ4v) is 3.71. The lowest BCUT2D eigenvalue weighted by molar-refractivity contribution is -0.113. The largest absolute Gasteiger partial charge is 0.495 e. The first-order valence-corrected chi connectivity index (χ1v) is 10.2. The number of halogens is 1. The Bertz CT molecular complexity index is 1270. The molecule has 0 saturated carbocycles. The SMILES string of the molecule is COc1ccc(Cl)cc1NC(=O)CSc1nc(-c2ccccc2)nc2cc(=O)[nH]n12. The minimum atomic E-state index is -0.301. The van der Waals surface area contributed by atoms with Gasteiger partial charge in [-0.05, 0) is 18.2 Å². The maximum Gasteiger partial charge on any atom is 0.266 e. The lowest BCUT2D eigenvalue weighted by Gasteiger charge is -2.11. The number of carbonyl (C=O) groups excluding carboxylic acids is 1. The molecule has 0 aliphatic carbocycles. The van der Waals surface area contributed by atoms with Crippen molar-refractivity contribution in [2.24, 2.45) is 0 Å². The number of H-pyrrole nitrogens is 1. The molecular weight excluding hydrogens is 426 g/mol. The van der Waals surface area contributed by atoms with Gasteiger partial charge in [0, 0.05) is 16.7 Å². The van der Waals surface area contributed by atoms with Crippen LogP contribution in [0, 0.1) is 0 Å². The number of fused-ring (bicyclic) bond motifs is 1. The van der Waals surface area contributed by atoms with E-state index in [4.69, 9.17) is 16.3 Å². The zero-order chi connectivity index (χ0) is 21.1. The van der Waals surface area contributed by atoms with Crippen LogP contribution < -0.4 is 15.6 Å². The lowest BCUT2D eigenvalue weighted by Crippen LogP contribution is -2.15. The zero-order valence-electron chi connectivity index (χ0n) is 15.8. The van der Waals surface area contributed by atoms with Gasteiger partial charge in [0.1, 0.15) is 5.75 Å². The predicted octanol–water partition coefficient (Wildman–Crippen LogP) is 3.48. The van der Waals surface area contributed by atoms with Crippen LogP contribution in [-0.2, 0) is 4.79 Å².